The summed E-state index contributed by atoms with van der Waals surface area (Å²) in [4.78, 5) is 23.4. The molecule has 0 unspecified atom stereocenters. The van der Waals surface area contributed by atoms with Gasteiger partial charge in [-0.3, -0.25) is 9.59 Å². The number of benzene rings is 1. The van der Waals surface area contributed by atoms with Crippen LogP contribution in [0.15, 0.2) is 18.2 Å². The smallest absolute Gasteiger partial charge is 0.243 e. The van der Waals surface area contributed by atoms with Crippen LogP contribution in [0.4, 0.5) is 14.5 Å². The van der Waals surface area contributed by atoms with Gasteiger partial charge in [0.1, 0.15) is 0 Å². The van der Waals surface area contributed by atoms with Gasteiger partial charge in [0.15, 0.2) is 11.6 Å². The van der Waals surface area contributed by atoms with Crippen molar-refractivity contribution in [3.05, 3.63) is 29.8 Å². The van der Waals surface area contributed by atoms with Gasteiger partial charge < -0.3 is 10.6 Å². The summed E-state index contributed by atoms with van der Waals surface area (Å²) in [5.41, 5.74) is 0.153. The van der Waals surface area contributed by atoms with E-state index in [-0.39, 0.29) is 18.1 Å². The van der Waals surface area contributed by atoms with E-state index in [1.807, 2.05) is 0 Å². The van der Waals surface area contributed by atoms with Gasteiger partial charge in [0.2, 0.25) is 11.8 Å². The van der Waals surface area contributed by atoms with Crippen LogP contribution in [-0.2, 0) is 9.59 Å². The summed E-state index contributed by atoms with van der Waals surface area (Å²) in [5, 5.41) is 5.47. The number of rotatable bonds is 6. The predicted octanol–water partition coefficient (Wildman–Crippen LogP) is 3.09. The van der Waals surface area contributed by atoms with E-state index in [4.69, 9.17) is 0 Å². The van der Waals surface area contributed by atoms with Crippen molar-refractivity contribution in [1.29, 1.82) is 0 Å². The quantitative estimate of drug-likeness (QED) is 0.835. The minimum absolute atomic E-state index is 0.153. The van der Waals surface area contributed by atoms with Crippen LogP contribution in [0.1, 0.15) is 32.1 Å². The Balaban J connectivity index is 1.66. The first kappa shape index (κ1) is 17.7. The van der Waals surface area contributed by atoms with Crippen molar-refractivity contribution in [2.24, 2.45) is 0 Å². The van der Waals surface area contributed by atoms with E-state index in [2.05, 4.69) is 10.6 Å². The third kappa shape index (κ3) is 6.17. The molecule has 0 atom stereocenters. The second-order valence-electron chi connectivity index (χ2n) is 5.52. The summed E-state index contributed by atoms with van der Waals surface area (Å²) in [6.07, 6.45) is 6.00. The largest absolute Gasteiger partial charge is 0.346 e. The minimum Gasteiger partial charge on any atom is -0.346 e. The maximum atomic E-state index is 13.0. The molecular formula is C16H20F2N2O2S. The number of thioether (sulfide) groups is 1. The summed E-state index contributed by atoms with van der Waals surface area (Å²) in [5.74, 6) is -2.34. The molecule has 0 aromatic heterocycles. The fraction of sp³-hybridized carbons (Fsp3) is 0.500. The SMILES string of the molecule is O=C(CSC1CCCCC1)NCC(=O)Nc1ccc(F)c(F)c1. The van der Waals surface area contributed by atoms with E-state index < -0.39 is 17.5 Å². The van der Waals surface area contributed by atoms with E-state index in [0.29, 0.717) is 11.0 Å². The van der Waals surface area contributed by atoms with E-state index in [0.717, 1.165) is 25.0 Å². The number of carbonyl (C=O) groups is 2. The highest BCUT2D eigenvalue weighted by Gasteiger charge is 2.15. The Bertz CT molecular complexity index is 563. The molecule has 0 spiro atoms. The zero-order valence-electron chi connectivity index (χ0n) is 12.7. The van der Waals surface area contributed by atoms with Crippen LogP contribution in [0.3, 0.4) is 0 Å². The molecule has 4 nitrogen and oxygen atoms in total. The van der Waals surface area contributed by atoms with Gasteiger partial charge in [0, 0.05) is 17.0 Å². The van der Waals surface area contributed by atoms with E-state index >= 15 is 0 Å². The molecule has 0 saturated heterocycles. The molecule has 23 heavy (non-hydrogen) atoms. The monoisotopic (exact) mass is 342 g/mol. The number of carbonyl (C=O) groups excluding carboxylic acids is 2. The number of hydrogen-bond donors (Lipinski definition) is 2. The minimum atomic E-state index is -1.03. The average molecular weight is 342 g/mol. The maximum Gasteiger partial charge on any atom is 0.243 e. The molecule has 2 amide bonds. The molecule has 1 aliphatic rings. The van der Waals surface area contributed by atoms with E-state index in [1.54, 1.807) is 11.8 Å². The predicted molar refractivity (Wildman–Crippen MR) is 87.3 cm³/mol. The van der Waals surface area contributed by atoms with E-state index in [9.17, 15) is 18.4 Å². The third-order valence-corrected chi connectivity index (χ3v) is 5.02. The van der Waals surface area contributed by atoms with Crippen molar-refractivity contribution in [2.75, 3.05) is 17.6 Å². The molecule has 126 valence electrons. The Morgan fingerprint density at radius 3 is 2.52 bits per heavy atom. The van der Waals surface area contributed by atoms with Crippen LogP contribution < -0.4 is 10.6 Å². The van der Waals surface area contributed by atoms with Crippen molar-refractivity contribution in [3.63, 3.8) is 0 Å². The second kappa shape index (κ2) is 8.86. The summed E-state index contributed by atoms with van der Waals surface area (Å²) in [6.45, 7) is -0.191. The van der Waals surface area contributed by atoms with E-state index in [1.165, 1.54) is 25.3 Å². The van der Waals surface area contributed by atoms with Crippen LogP contribution in [0.25, 0.3) is 0 Å². The first-order valence-electron chi connectivity index (χ1n) is 7.68. The normalized spacial score (nSPS) is 15.2. The van der Waals surface area contributed by atoms with Crippen molar-refractivity contribution in [2.45, 2.75) is 37.4 Å². The molecular weight excluding hydrogens is 322 g/mol. The Hall–Kier alpha value is -1.63. The van der Waals surface area contributed by atoms with Crippen molar-refractivity contribution in [3.8, 4) is 0 Å². The molecule has 7 heteroatoms. The summed E-state index contributed by atoms with van der Waals surface area (Å²) < 4.78 is 25.8. The fourth-order valence-electron chi connectivity index (χ4n) is 2.43. The van der Waals surface area contributed by atoms with Crippen molar-refractivity contribution in [1.82, 2.24) is 5.32 Å². The molecule has 1 fully saturated rings. The van der Waals surface area contributed by atoms with Crippen LogP contribution in [-0.4, -0.2) is 29.4 Å². The molecule has 1 aromatic rings. The topological polar surface area (TPSA) is 58.2 Å². The third-order valence-electron chi connectivity index (χ3n) is 3.65. The van der Waals surface area contributed by atoms with Gasteiger partial charge in [-0.15, -0.1) is 11.8 Å². The molecule has 1 aliphatic carbocycles. The average Bonchev–Trinajstić information content (AvgIpc) is 2.55. The lowest BCUT2D eigenvalue weighted by Gasteiger charge is -2.20. The van der Waals surface area contributed by atoms with Crippen LogP contribution >= 0.6 is 11.8 Å². The lowest BCUT2D eigenvalue weighted by molar-refractivity contribution is -0.122. The van der Waals surface area contributed by atoms with Crippen LogP contribution in [0.5, 0.6) is 0 Å². The molecule has 0 radical (unpaired) electrons. The molecule has 0 heterocycles. The summed E-state index contributed by atoms with van der Waals surface area (Å²) >= 11 is 1.63. The number of hydrogen-bond acceptors (Lipinski definition) is 3. The van der Waals surface area contributed by atoms with Crippen molar-refractivity contribution < 1.29 is 18.4 Å². The highest BCUT2D eigenvalue weighted by atomic mass is 32.2. The van der Waals surface area contributed by atoms with Crippen LogP contribution in [0.2, 0.25) is 0 Å². The Morgan fingerprint density at radius 2 is 1.83 bits per heavy atom. The van der Waals surface area contributed by atoms with Gasteiger partial charge in [-0.1, -0.05) is 19.3 Å². The molecule has 1 aromatic carbocycles. The Kier molecular flexibility index (Phi) is 6.83. The zero-order chi connectivity index (χ0) is 16.7. The molecule has 0 bridgehead atoms. The first-order chi connectivity index (χ1) is 11.0. The van der Waals surface area contributed by atoms with Crippen LogP contribution in [0, 0.1) is 11.6 Å². The highest BCUT2D eigenvalue weighted by Crippen LogP contribution is 2.27. The number of halogens is 2. The standard InChI is InChI=1S/C16H20F2N2O2S/c17-13-7-6-11(8-14(13)18)20-15(21)9-19-16(22)10-23-12-4-2-1-3-5-12/h6-8,12H,1-5,9-10H2,(H,19,22)(H,20,21). The van der Waals surface area contributed by atoms with Gasteiger partial charge in [0.05, 0.1) is 12.3 Å². The lowest BCUT2D eigenvalue weighted by Crippen LogP contribution is -2.34. The molecule has 2 N–H and O–H groups in total. The van der Waals surface area contributed by atoms with Gasteiger partial charge in [-0.05, 0) is 25.0 Å². The number of amides is 2. The Morgan fingerprint density at radius 1 is 1.09 bits per heavy atom. The zero-order valence-corrected chi connectivity index (χ0v) is 13.6. The summed E-state index contributed by atoms with van der Waals surface area (Å²) in [7, 11) is 0. The number of anilines is 1. The lowest BCUT2D eigenvalue weighted by atomic mass is 10.0. The number of nitrogens with one attached hydrogen (secondary N) is 2. The fourth-order valence-corrected chi connectivity index (χ4v) is 3.59. The maximum absolute atomic E-state index is 13.0. The summed E-state index contributed by atoms with van der Waals surface area (Å²) in [6, 6.07) is 3.09. The molecule has 2 rings (SSSR count). The van der Waals surface area contributed by atoms with Crippen molar-refractivity contribution >= 4 is 29.3 Å². The van der Waals surface area contributed by atoms with Gasteiger partial charge in [-0.2, -0.15) is 0 Å². The van der Waals surface area contributed by atoms with Gasteiger partial charge >= 0.3 is 0 Å². The van der Waals surface area contributed by atoms with Gasteiger partial charge in [0.25, 0.3) is 0 Å². The first-order valence-corrected chi connectivity index (χ1v) is 8.72. The Labute approximate surface area is 138 Å². The molecule has 1 saturated carbocycles. The molecule has 0 aliphatic heterocycles. The highest BCUT2D eigenvalue weighted by molar-refractivity contribution is 8.00. The van der Waals surface area contributed by atoms with Gasteiger partial charge in [-0.25, -0.2) is 8.78 Å². The second-order valence-corrected chi connectivity index (χ2v) is 6.81.